The van der Waals surface area contributed by atoms with Crippen molar-refractivity contribution in [3.63, 3.8) is 0 Å². The molecule has 4 aromatic rings. The van der Waals surface area contributed by atoms with Gasteiger partial charge in [-0.2, -0.15) is 0 Å². The first-order chi connectivity index (χ1) is 16.4. The van der Waals surface area contributed by atoms with Gasteiger partial charge in [-0.05, 0) is 61.4 Å². The summed E-state index contributed by atoms with van der Waals surface area (Å²) in [7, 11) is -3.83. The third kappa shape index (κ3) is 5.72. The van der Waals surface area contributed by atoms with Gasteiger partial charge in [0.1, 0.15) is 22.0 Å². The second kappa shape index (κ2) is 9.69. The number of hydrogen-bond acceptors (Lipinski definition) is 7. The highest BCUT2D eigenvalue weighted by molar-refractivity contribution is 7.89. The topological polar surface area (TPSA) is 98.2 Å². The molecular weight excluding hydrogens is 536 g/mol. The van der Waals surface area contributed by atoms with E-state index in [1.54, 1.807) is 29.8 Å². The highest BCUT2D eigenvalue weighted by atomic mass is 35.5. The largest absolute Gasteiger partial charge is 0.466 e. The molecule has 0 radical (unpaired) electrons. The summed E-state index contributed by atoms with van der Waals surface area (Å²) in [6.45, 7) is 3.48. The lowest BCUT2D eigenvalue weighted by Gasteiger charge is -2.14. The Kier molecular flexibility index (Phi) is 7.01. The van der Waals surface area contributed by atoms with Crippen LogP contribution in [0.2, 0.25) is 10.0 Å². The van der Waals surface area contributed by atoms with Crippen molar-refractivity contribution in [2.45, 2.75) is 20.0 Å². The van der Waals surface area contributed by atoms with Crippen LogP contribution >= 0.6 is 34.5 Å². The van der Waals surface area contributed by atoms with E-state index in [4.69, 9.17) is 27.9 Å². The predicted octanol–water partition coefficient (Wildman–Crippen LogP) is 5.94. The van der Waals surface area contributed by atoms with Crippen LogP contribution in [0, 0.1) is 12.7 Å². The van der Waals surface area contributed by atoms with Gasteiger partial charge in [-0.1, -0.05) is 23.2 Å². The van der Waals surface area contributed by atoms with Crippen LogP contribution in [0.15, 0.2) is 42.6 Å². The van der Waals surface area contributed by atoms with Crippen LogP contribution in [0.3, 0.4) is 0 Å². The van der Waals surface area contributed by atoms with E-state index in [-0.39, 0.29) is 16.5 Å². The third-order valence-corrected chi connectivity index (χ3v) is 7.22. The number of halogens is 3. The molecule has 2 aromatic carbocycles. The van der Waals surface area contributed by atoms with Gasteiger partial charge in [-0.15, -0.1) is 11.3 Å². The Balaban J connectivity index is 1.57. The summed E-state index contributed by atoms with van der Waals surface area (Å²) in [4.78, 5) is 20.9. The summed E-state index contributed by atoms with van der Waals surface area (Å²) < 4.78 is 45.9. The Morgan fingerprint density at radius 1 is 1.20 bits per heavy atom. The number of carbonyl (C=O) groups excluding carboxylic acids is 1. The fraction of sp³-hybridized carbons (Fsp3) is 0.174. The van der Waals surface area contributed by atoms with Gasteiger partial charge in [0.15, 0.2) is 0 Å². The van der Waals surface area contributed by atoms with E-state index in [1.165, 1.54) is 23.6 Å². The first kappa shape index (κ1) is 25.3. The van der Waals surface area contributed by atoms with E-state index >= 15 is 0 Å². The van der Waals surface area contributed by atoms with E-state index in [2.05, 4.69) is 9.97 Å². The van der Waals surface area contributed by atoms with E-state index in [1.807, 2.05) is 13.0 Å². The van der Waals surface area contributed by atoms with E-state index in [0.29, 0.717) is 21.7 Å². The Labute approximate surface area is 214 Å². The van der Waals surface area contributed by atoms with Crippen molar-refractivity contribution >= 4 is 60.7 Å². The monoisotopic (exact) mass is 553 g/mol. The first-order valence-corrected chi connectivity index (χ1v) is 13.6. The maximum Gasteiger partial charge on any atom is 0.267 e. The van der Waals surface area contributed by atoms with Crippen LogP contribution < -0.4 is 9.46 Å². The SMILES string of the molecule is Cc1cc(C(=O)NS(C)(=O)=O)c(F)cc1-c1cnc(O[C@@H](C)c2nc3cc(Cl)ccc3s2)c(Cl)c1. The molecule has 1 amide bonds. The number of sulfonamides is 1. The molecule has 7 nitrogen and oxygen atoms in total. The molecular formula is C23H18Cl2FN3O4S2. The number of carbonyl (C=O) groups is 1. The van der Waals surface area contributed by atoms with Crippen molar-refractivity contribution in [3.05, 3.63) is 74.6 Å². The van der Waals surface area contributed by atoms with Crippen LogP contribution in [0.1, 0.15) is 34.0 Å². The number of hydrogen-bond donors (Lipinski definition) is 1. The number of amides is 1. The molecule has 12 heteroatoms. The molecule has 0 spiro atoms. The molecule has 0 aliphatic rings. The molecule has 0 unspecified atom stereocenters. The van der Waals surface area contributed by atoms with Gasteiger partial charge in [0.25, 0.3) is 5.91 Å². The van der Waals surface area contributed by atoms with Crippen LogP contribution in [-0.4, -0.2) is 30.5 Å². The zero-order chi connectivity index (χ0) is 25.5. The average Bonchev–Trinajstić information content (AvgIpc) is 3.18. The lowest BCUT2D eigenvalue weighted by atomic mass is 9.99. The Morgan fingerprint density at radius 2 is 1.94 bits per heavy atom. The Morgan fingerprint density at radius 3 is 2.63 bits per heavy atom. The number of aromatic nitrogens is 2. The van der Waals surface area contributed by atoms with E-state index in [9.17, 15) is 17.6 Å². The number of nitrogens with one attached hydrogen (secondary N) is 1. The average molecular weight is 554 g/mol. The smallest absolute Gasteiger partial charge is 0.267 e. The number of ether oxygens (including phenoxy) is 1. The zero-order valence-electron chi connectivity index (χ0n) is 18.6. The second-order valence-electron chi connectivity index (χ2n) is 7.79. The van der Waals surface area contributed by atoms with Crippen molar-refractivity contribution in [3.8, 4) is 17.0 Å². The summed E-state index contributed by atoms with van der Waals surface area (Å²) >= 11 is 13.9. The molecule has 0 fully saturated rings. The minimum absolute atomic E-state index is 0.183. The molecule has 0 saturated heterocycles. The predicted molar refractivity (Wildman–Crippen MR) is 135 cm³/mol. The summed E-state index contributed by atoms with van der Waals surface area (Å²) in [5, 5.41) is 1.53. The van der Waals surface area contributed by atoms with Crippen LogP contribution in [-0.2, 0) is 10.0 Å². The van der Waals surface area contributed by atoms with Crippen LogP contribution in [0.4, 0.5) is 4.39 Å². The molecule has 0 bridgehead atoms. The molecule has 4 rings (SSSR count). The summed E-state index contributed by atoms with van der Waals surface area (Å²) in [6.07, 6.45) is 1.85. The first-order valence-electron chi connectivity index (χ1n) is 10.1. The molecule has 1 atom stereocenters. The number of aryl methyl sites for hydroxylation is 1. The van der Waals surface area contributed by atoms with Gasteiger partial charge in [-0.3, -0.25) is 4.79 Å². The minimum Gasteiger partial charge on any atom is -0.466 e. The third-order valence-electron chi connectivity index (χ3n) is 4.96. The van der Waals surface area contributed by atoms with Gasteiger partial charge >= 0.3 is 0 Å². The summed E-state index contributed by atoms with van der Waals surface area (Å²) in [5.41, 5.74) is 1.85. The van der Waals surface area contributed by atoms with Crippen molar-refractivity contribution in [2.75, 3.05) is 6.26 Å². The number of pyridine rings is 1. The number of benzene rings is 2. The van der Waals surface area contributed by atoms with Gasteiger partial charge < -0.3 is 4.74 Å². The van der Waals surface area contributed by atoms with Gasteiger partial charge in [0.2, 0.25) is 15.9 Å². The maximum atomic E-state index is 14.6. The quantitative estimate of drug-likeness (QED) is 0.317. The number of rotatable bonds is 6. The molecule has 0 aliphatic carbocycles. The van der Waals surface area contributed by atoms with Gasteiger partial charge in [0.05, 0.1) is 22.0 Å². The molecule has 2 aromatic heterocycles. The van der Waals surface area contributed by atoms with Crippen LogP contribution in [0.5, 0.6) is 5.88 Å². The van der Waals surface area contributed by atoms with Crippen LogP contribution in [0.25, 0.3) is 21.3 Å². The molecule has 35 heavy (non-hydrogen) atoms. The standard InChI is InChI=1S/C23H18Cl2FN3O4S2/c1-11-6-16(21(30)29-35(3,31)32)18(26)9-15(11)13-7-17(25)22(27-10-13)33-12(2)23-28-19-8-14(24)4-5-20(19)34-23/h4-10,12H,1-3H3,(H,29,30)/t12-/m0/s1. The lowest BCUT2D eigenvalue weighted by molar-refractivity contribution is 0.0977. The van der Waals surface area contributed by atoms with E-state index in [0.717, 1.165) is 27.5 Å². The molecule has 2 heterocycles. The van der Waals surface area contributed by atoms with Crippen molar-refractivity contribution < 1.29 is 22.3 Å². The second-order valence-corrected chi connectivity index (χ2v) is 11.4. The highest BCUT2D eigenvalue weighted by Crippen LogP contribution is 2.35. The zero-order valence-corrected chi connectivity index (χ0v) is 21.7. The molecule has 0 saturated carbocycles. The van der Waals surface area contributed by atoms with Gasteiger partial charge in [-0.25, -0.2) is 27.5 Å². The normalized spacial score (nSPS) is 12.5. The number of fused-ring (bicyclic) bond motifs is 1. The van der Waals surface area contributed by atoms with Crippen molar-refractivity contribution in [1.82, 2.24) is 14.7 Å². The van der Waals surface area contributed by atoms with Crippen molar-refractivity contribution in [2.24, 2.45) is 0 Å². The summed E-state index contributed by atoms with van der Waals surface area (Å²) in [5.74, 6) is -1.75. The van der Waals surface area contributed by atoms with Gasteiger partial charge in [0, 0.05) is 16.8 Å². The highest BCUT2D eigenvalue weighted by Gasteiger charge is 2.20. The fourth-order valence-corrected chi connectivity index (χ4v) is 5.11. The Hall–Kier alpha value is -2.79. The lowest BCUT2D eigenvalue weighted by Crippen LogP contribution is -2.30. The minimum atomic E-state index is -3.83. The fourth-order valence-electron chi connectivity index (χ4n) is 3.36. The Bertz CT molecular complexity index is 1570. The summed E-state index contributed by atoms with van der Waals surface area (Å²) in [6, 6.07) is 9.45. The maximum absolute atomic E-state index is 14.6. The van der Waals surface area contributed by atoms with Crippen molar-refractivity contribution in [1.29, 1.82) is 0 Å². The number of thiazole rings is 1. The molecule has 1 N–H and O–H groups in total. The molecule has 0 aliphatic heterocycles. The van der Waals surface area contributed by atoms with E-state index < -0.39 is 27.9 Å². The molecule has 182 valence electrons. The number of nitrogens with zero attached hydrogens (tertiary/aromatic N) is 2.